The highest BCUT2D eigenvalue weighted by molar-refractivity contribution is 6.27. The second-order valence-corrected chi connectivity index (χ2v) is 11.9. The van der Waals surface area contributed by atoms with E-state index in [2.05, 4.69) is 24.5 Å². The normalized spacial score (nSPS) is 46.1. The van der Waals surface area contributed by atoms with Crippen LogP contribution in [0, 0.1) is 47.3 Å². The first-order valence-electron chi connectivity index (χ1n) is 14.0. The first kappa shape index (κ1) is 26.2. The molecule has 0 aromatic heterocycles. The lowest BCUT2D eigenvalue weighted by molar-refractivity contribution is -0.118. The van der Waals surface area contributed by atoms with Gasteiger partial charge in [-0.05, 0) is 91.6 Å². The van der Waals surface area contributed by atoms with Crippen molar-refractivity contribution in [3.05, 3.63) is 35.6 Å². The van der Waals surface area contributed by atoms with E-state index in [1.807, 2.05) is 12.2 Å². The number of aliphatic hydroxyl groups excluding tert-OH is 3. The van der Waals surface area contributed by atoms with Crippen LogP contribution in [0.4, 0.5) is 0 Å². The second kappa shape index (κ2) is 10.4. The molecule has 3 aliphatic carbocycles. The van der Waals surface area contributed by atoms with Crippen molar-refractivity contribution in [1.29, 1.82) is 0 Å². The molecular weight excluding hydrogens is 472 g/mol. The number of carbonyl (C=O) groups is 3. The summed E-state index contributed by atoms with van der Waals surface area (Å²) in [7, 11) is 0. The largest absolute Gasteiger partial charge is 0.507 e. The topological polar surface area (TPSA) is 136 Å². The molecule has 0 spiro atoms. The number of allylic oxidation sites excluding steroid dienone is 3. The third-order valence-corrected chi connectivity index (χ3v) is 10.2. The molecule has 8 nitrogen and oxygen atoms in total. The molecule has 4 fully saturated rings. The molecule has 1 unspecified atom stereocenters. The van der Waals surface area contributed by atoms with Crippen molar-refractivity contribution >= 4 is 17.6 Å². The van der Waals surface area contributed by atoms with Crippen molar-refractivity contribution in [3.63, 3.8) is 0 Å². The van der Waals surface area contributed by atoms with E-state index in [-0.39, 0.29) is 42.2 Å². The number of nitrogens with one attached hydrogen (secondary N) is 2. The Balaban J connectivity index is 1.47. The molecule has 0 aromatic carbocycles. The predicted octanol–water partition coefficient (Wildman–Crippen LogP) is 2.18. The summed E-state index contributed by atoms with van der Waals surface area (Å²) in [6, 6.07) is -1.16. The van der Waals surface area contributed by atoms with E-state index in [1.165, 1.54) is 25.0 Å². The highest BCUT2D eigenvalue weighted by Gasteiger charge is 2.58. The van der Waals surface area contributed by atoms with Crippen LogP contribution in [0.15, 0.2) is 35.6 Å². The van der Waals surface area contributed by atoms with Crippen LogP contribution in [0.25, 0.3) is 0 Å². The third kappa shape index (κ3) is 4.67. The van der Waals surface area contributed by atoms with E-state index in [0.717, 1.165) is 6.42 Å². The second-order valence-electron chi connectivity index (χ2n) is 11.9. The lowest BCUT2D eigenvalue weighted by Crippen LogP contribution is -2.43. The smallest absolute Gasteiger partial charge is 0.259 e. The fraction of sp³-hybridized carbons (Fsp3) is 0.690. The van der Waals surface area contributed by atoms with E-state index in [4.69, 9.17) is 0 Å². The number of aliphatic hydroxyl groups is 3. The van der Waals surface area contributed by atoms with Crippen molar-refractivity contribution in [1.82, 2.24) is 10.6 Å². The van der Waals surface area contributed by atoms with Gasteiger partial charge in [-0.15, -0.1) is 0 Å². The molecule has 202 valence electrons. The van der Waals surface area contributed by atoms with E-state index in [0.29, 0.717) is 42.4 Å². The monoisotopic (exact) mass is 512 g/mol. The van der Waals surface area contributed by atoms with Gasteiger partial charge in [-0.2, -0.15) is 0 Å². The van der Waals surface area contributed by atoms with Crippen LogP contribution in [0.1, 0.15) is 52.4 Å². The van der Waals surface area contributed by atoms with Gasteiger partial charge in [0.05, 0.1) is 12.2 Å². The molecular formula is C29H40N2O6. The fourth-order valence-electron chi connectivity index (χ4n) is 8.51. The standard InChI is InChI=1S/C29H40N2O6/c1-3-15-11-17-12-19-18-5-4-6-23(35)30-10-9-21(33)27-28(36)26(29(37)31-27)20(32)8-7-16(18)13-22(34)25(19)24(17)14(15)2/h4,6-8,14-19,21-22,24-25,27,32-34H,3,5,9-13H2,1-2H3,(H,30,35)(H,31,37)/b6-4-,8-7+,26-20?/t14-,15?,16+,17+,18-,19+,21+,22-,24+,25-,27+/m1/s1. The van der Waals surface area contributed by atoms with Gasteiger partial charge >= 0.3 is 0 Å². The van der Waals surface area contributed by atoms with Gasteiger partial charge < -0.3 is 26.0 Å². The van der Waals surface area contributed by atoms with Crippen molar-refractivity contribution < 1.29 is 29.7 Å². The maximum absolute atomic E-state index is 12.8. The Morgan fingerprint density at radius 1 is 1.00 bits per heavy atom. The average Bonchev–Trinajstić information content (AvgIpc) is 3.48. The maximum Gasteiger partial charge on any atom is 0.259 e. The predicted molar refractivity (Wildman–Crippen MR) is 137 cm³/mol. The van der Waals surface area contributed by atoms with Gasteiger partial charge in [0.15, 0.2) is 5.78 Å². The Kier molecular flexibility index (Phi) is 7.33. The van der Waals surface area contributed by atoms with Crippen molar-refractivity contribution in [2.45, 2.75) is 70.6 Å². The van der Waals surface area contributed by atoms with Gasteiger partial charge in [0.2, 0.25) is 5.91 Å². The van der Waals surface area contributed by atoms with E-state index in [9.17, 15) is 29.7 Å². The molecule has 0 radical (unpaired) electrons. The summed E-state index contributed by atoms with van der Waals surface area (Å²) in [6.45, 7) is 4.76. The summed E-state index contributed by atoms with van der Waals surface area (Å²) < 4.78 is 0. The van der Waals surface area contributed by atoms with Gasteiger partial charge in [0, 0.05) is 6.54 Å². The lowest BCUT2D eigenvalue weighted by atomic mass is 9.62. The van der Waals surface area contributed by atoms with E-state index in [1.54, 1.807) is 0 Å². The van der Waals surface area contributed by atoms with Crippen LogP contribution in [0.3, 0.4) is 0 Å². The van der Waals surface area contributed by atoms with E-state index >= 15 is 0 Å². The first-order valence-corrected chi connectivity index (χ1v) is 14.0. The Hall–Kier alpha value is -2.45. The average molecular weight is 513 g/mol. The molecule has 1 saturated heterocycles. The fourth-order valence-corrected chi connectivity index (χ4v) is 8.51. The molecule has 5 N–H and O–H groups in total. The lowest BCUT2D eigenvalue weighted by Gasteiger charge is -2.44. The first-order chi connectivity index (χ1) is 17.7. The molecule has 2 bridgehead atoms. The van der Waals surface area contributed by atoms with Crippen molar-refractivity contribution in [3.8, 4) is 0 Å². The number of hydrogen-bond donors (Lipinski definition) is 5. The van der Waals surface area contributed by atoms with Gasteiger partial charge in [-0.1, -0.05) is 32.4 Å². The Bertz CT molecular complexity index is 1030. The van der Waals surface area contributed by atoms with Crippen LogP contribution in [-0.4, -0.2) is 57.7 Å². The number of carbonyl (C=O) groups excluding carboxylic acids is 3. The number of amides is 2. The minimum absolute atomic E-state index is 0.0725. The zero-order chi connectivity index (χ0) is 26.4. The zero-order valence-electron chi connectivity index (χ0n) is 21.7. The van der Waals surface area contributed by atoms with Crippen LogP contribution in [0.5, 0.6) is 0 Å². The molecule has 2 aliphatic heterocycles. The molecule has 11 atom stereocenters. The molecule has 2 heterocycles. The maximum atomic E-state index is 12.8. The quantitative estimate of drug-likeness (QED) is 0.342. The Morgan fingerprint density at radius 2 is 1.78 bits per heavy atom. The third-order valence-electron chi connectivity index (χ3n) is 10.2. The molecule has 5 rings (SSSR count). The summed E-state index contributed by atoms with van der Waals surface area (Å²) in [5.41, 5.74) is -0.350. The highest BCUT2D eigenvalue weighted by Crippen LogP contribution is 2.62. The zero-order valence-corrected chi connectivity index (χ0v) is 21.7. The van der Waals surface area contributed by atoms with Crippen molar-refractivity contribution in [2.24, 2.45) is 47.3 Å². The number of hydrogen-bond acceptors (Lipinski definition) is 6. The SMILES string of the molecule is CCC1C[C@H]2C[C@H]3[C@@H]4C/C=C\C(=O)NCC[C@H](O)[C@@H]5NC(=O)C(=C(O)/C=C/[C@H]4C[C@@H](O)[C@@H]3[C@H]2[C@@H]1C)C5=O. The summed E-state index contributed by atoms with van der Waals surface area (Å²) in [5.74, 6) is 1.03. The molecule has 8 heteroatoms. The summed E-state index contributed by atoms with van der Waals surface area (Å²) >= 11 is 0. The van der Waals surface area contributed by atoms with Crippen LogP contribution in [-0.2, 0) is 14.4 Å². The minimum Gasteiger partial charge on any atom is -0.507 e. The molecule has 37 heavy (non-hydrogen) atoms. The molecule has 2 amide bonds. The summed E-state index contributed by atoms with van der Waals surface area (Å²) in [6.07, 6.45) is 9.79. The van der Waals surface area contributed by atoms with Gasteiger partial charge in [0.1, 0.15) is 17.4 Å². The van der Waals surface area contributed by atoms with Gasteiger partial charge in [-0.25, -0.2) is 0 Å². The summed E-state index contributed by atoms with van der Waals surface area (Å²) in [5, 5.41) is 37.7. The highest BCUT2D eigenvalue weighted by atomic mass is 16.3. The van der Waals surface area contributed by atoms with Crippen LogP contribution >= 0.6 is 0 Å². The van der Waals surface area contributed by atoms with Gasteiger partial charge in [-0.3, -0.25) is 14.4 Å². The molecule has 3 saturated carbocycles. The molecule has 0 aromatic rings. The van der Waals surface area contributed by atoms with E-state index < -0.39 is 35.7 Å². The number of rotatable bonds is 1. The summed E-state index contributed by atoms with van der Waals surface area (Å²) in [4.78, 5) is 37.7. The van der Waals surface area contributed by atoms with Crippen molar-refractivity contribution in [2.75, 3.05) is 6.54 Å². The minimum atomic E-state index is -1.19. The Morgan fingerprint density at radius 3 is 2.54 bits per heavy atom. The number of ketones is 1. The number of fused-ring (bicyclic) bond motifs is 7. The Labute approximate surface area is 218 Å². The van der Waals surface area contributed by atoms with Gasteiger partial charge in [0.25, 0.3) is 5.91 Å². The number of Topliss-reactive ketones (excluding diaryl/α,β-unsaturated/α-hetero) is 1. The molecule has 5 aliphatic rings. The van der Waals surface area contributed by atoms with Crippen LogP contribution in [0.2, 0.25) is 0 Å². The van der Waals surface area contributed by atoms with Crippen LogP contribution < -0.4 is 10.6 Å².